The zero-order chi connectivity index (χ0) is 22.6. The van der Waals surface area contributed by atoms with Crippen LogP contribution in [0, 0.1) is 5.92 Å². The Balaban J connectivity index is 1.72. The van der Waals surface area contributed by atoms with Gasteiger partial charge in [-0.05, 0) is 25.3 Å². The fourth-order valence-corrected chi connectivity index (χ4v) is 5.15. The van der Waals surface area contributed by atoms with Gasteiger partial charge >= 0.3 is 0 Å². The number of piperidine rings is 1. The highest BCUT2D eigenvalue weighted by Gasteiger charge is 2.31. The molecular weight excluding hydrogens is 416 g/mol. The first-order valence-electron chi connectivity index (χ1n) is 10.8. The molecule has 31 heavy (non-hydrogen) atoms. The molecule has 1 aliphatic rings. The molecule has 1 saturated heterocycles. The van der Waals surface area contributed by atoms with E-state index in [1.165, 1.54) is 4.31 Å². The average molecular weight is 449 g/mol. The van der Waals surface area contributed by atoms with E-state index in [-0.39, 0.29) is 23.0 Å². The highest BCUT2D eigenvalue weighted by molar-refractivity contribution is 7.89. The van der Waals surface area contributed by atoms with Crippen LogP contribution in [0.5, 0.6) is 0 Å². The van der Waals surface area contributed by atoms with Crippen molar-refractivity contribution in [3.05, 3.63) is 30.2 Å². The topological polar surface area (TPSA) is 110 Å². The van der Waals surface area contributed by atoms with Crippen molar-refractivity contribution in [2.45, 2.75) is 58.8 Å². The minimum Gasteiger partial charge on any atom is -0.310 e. The number of nitrogens with one attached hydrogen (secondary N) is 1. The number of hydrogen-bond donors (Lipinski definition) is 1. The number of aromatic nitrogens is 4. The van der Waals surface area contributed by atoms with E-state index in [0.29, 0.717) is 44.1 Å². The third-order valence-corrected chi connectivity index (χ3v) is 7.40. The van der Waals surface area contributed by atoms with E-state index >= 15 is 0 Å². The predicted octanol–water partition coefficient (Wildman–Crippen LogP) is 2.74. The Bertz CT molecular complexity index is 990. The molecule has 10 heteroatoms. The van der Waals surface area contributed by atoms with Crippen molar-refractivity contribution in [2.75, 3.05) is 24.2 Å². The SMILES string of the molecule is CCCCS(=O)(=O)N1CCC(C(=O)Nc2cc(C(C)(C)C)nn2-c2ncccn2)CC1. The van der Waals surface area contributed by atoms with Gasteiger partial charge in [0.25, 0.3) is 5.95 Å². The van der Waals surface area contributed by atoms with E-state index in [4.69, 9.17) is 0 Å². The van der Waals surface area contributed by atoms with Crippen LogP contribution in [-0.4, -0.2) is 57.2 Å². The summed E-state index contributed by atoms with van der Waals surface area (Å²) in [6.45, 7) is 8.86. The second-order valence-electron chi connectivity index (χ2n) is 8.96. The molecule has 3 rings (SSSR count). The van der Waals surface area contributed by atoms with Crippen molar-refractivity contribution in [3.8, 4) is 5.95 Å². The van der Waals surface area contributed by atoms with Crippen molar-refractivity contribution >= 4 is 21.7 Å². The smallest absolute Gasteiger partial charge is 0.252 e. The second kappa shape index (κ2) is 9.44. The molecule has 1 amide bonds. The van der Waals surface area contributed by atoms with Gasteiger partial charge in [0, 0.05) is 42.9 Å². The lowest BCUT2D eigenvalue weighted by atomic mass is 9.92. The highest BCUT2D eigenvalue weighted by atomic mass is 32.2. The van der Waals surface area contributed by atoms with Gasteiger partial charge in [0.05, 0.1) is 11.4 Å². The minimum atomic E-state index is -3.24. The molecule has 0 bridgehead atoms. The second-order valence-corrected chi connectivity index (χ2v) is 11.0. The van der Waals surface area contributed by atoms with Gasteiger partial charge in [0.1, 0.15) is 5.82 Å². The first kappa shape index (κ1) is 23.3. The molecule has 2 aromatic heterocycles. The van der Waals surface area contributed by atoms with E-state index in [1.807, 2.05) is 33.8 Å². The number of nitrogens with zero attached hydrogens (tertiary/aromatic N) is 5. The Morgan fingerprint density at radius 2 is 1.84 bits per heavy atom. The summed E-state index contributed by atoms with van der Waals surface area (Å²) in [5.41, 5.74) is 0.602. The van der Waals surface area contributed by atoms with Crippen LogP contribution in [0.25, 0.3) is 5.95 Å². The third kappa shape index (κ3) is 5.68. The lowest BCUT2D eigenvalue weighted by molar-refractivity contribution is -0.120. The maximum absolute atomic E-state index is 13.0. The molecule has 0 saturated carbocycles. The number of sulfonamides is 1. The number of carbonyl (C=O) groups excluding carboxylic acids is 1. The van der Waals surface area contributed by atoms with Gasteiger partial charge in [-0.15, -0.1) is 0 Å². The molecule has 2 aromatic rings. The number of unbranched alkanes of at least 4 members (excludes halogenated alkanes) is 1. The van der Waals surface area contributed by atoms with Gasteiger partial charge < -0.3 is 5.32 Å². The number of anilines is 1. The summed E-state index contributed by atoms with van der Waals surface area (Å²) in [6, 6.07) is 3.57. The summed E-state index contributed by atoms with van der Waals surface area (Å²) >= 11 is 0. The first-order chi connectivity index (χ1) is 14.6. The molecule has 0 unspecified atom stereocenters. The molecule has 0 spiro atoms. The molecular formula is C21H32N6O3S. The van der Waals surface area contributed by atoms with E-state index in [0.717, 1.165) is 12.1 Å². The lowest BCUT2D eigenvalue weighted by Gasteiger charge is -2.30. The highest BCUT2D eigenvalue weighted by Crippen LogP contribution is 2.27. The van der Waals surface area contributed by atoms with E-state index in [9.17, 15) is 13.2 Å². The maximum Gasteiger partial charge on any atom is 0.252 e. The van der Waals surface area contributed by atoms with Gasteiger partial charge in [-0.3, -0.25) is 4.79 Å². The summed E-state index contributed by atoms with van der Waals surface area (Å²) in [5.74, 6) is 0.676. The van der Waals surface area contributed by atoms with E-state index in [1.54, 1.807) is 23.1 Å². The van der Waals surface area contributed by atoms with E-state index < -0.39 is 10.0 Å². The Hall–Kier alpha value is -2.33. The molecule has 0 radical (unpaired) electrons. The summed E-state index contributed by atoms with van der Waals surface area (Å²) in [6.07, 6.45) is 5.75. The Morgan fingerprint density at radius 3 is 2.42 bits per heavy atom. The molecule has 9 nitrogen and oxygen atoms in total. The van der Waals surface area contributed by atoms with Crippen LogP contribution in [-0.2, 0) is 20.2 Å². The standard InChI is InChI=1S/C21H32N6O3S/c1-5-6-14-31(29,30)26-12-8-16(9-13-26)19(28)24-18-15-17(21(2,3)4)25-27(18)20-22-10-7-11-23-20/h7,10-11,15-16H,5-6,8-9,12-14H2,1-4H3,(H,24,28). The number of hydrogen-bond acceptors (Lipinski definition) is 6. The fraction of sp³-hybridized carbons (Fsp3) is 0.619. The summed E-state index contributed by atoms with van der Waals surface area (Å²) < 4.78 is 27.9. The third-order valence-electron chi connectivity index (χ3n) is 5.44. The van der Waals surface area contributed by atoms with E-state index in [2.05, 4.69) is 20.4 Å². The molecule has 0 atom stereocenters. The van der Waals surface area contributed by atoms with Gasteiger partial charge in [-0.1, -0.05) is 34.1 Å². The van der Waals surface area contributed by atoms with Crippen molar-refractivity contribution in [1.82, 2.24) is 24.1 Å². The lowest BCUT2D eigenvalue weighted by Crippen LogP contribution is -2.42. The van der Waals surface area contributed by atoms with Crippen LogP contribution < -0.4 is 5.32 Å². The monoisotopic (exact) mass is 448 g/mol. The normalized spacial score (nSPS) is 16.4. The van der Waals surface area contributed by atoms with Crippen molar-refractivity contribution in [3.63, 3.8) is 0 Å². The van der Waals surface area contributed by atoms with Crippen LogP contribution in [0.4, 0.5) is 5.82 Å². The summed E-state index contributed by atoms with van der Waals surface area (Å²) in [5, 5.41) is 7.58. The Kier molecular flexibility index (Phi) is 7.10. The van der Waals surface area contributed by atoms with Crippen LogP contribution in [0.1, 0.15) is 59.1 Å². The molecule has 170 valence electrons. The van der Waals surface area contributed by atoms with Crippen LogP contribution in [0.15, 0.2) is 24.5 Å². The quantitative estimate of drug-likeness (QED) is 0.697. The number of carbonyl (C=O) groups is 1. The van der Waals surface area contributed by atoms with Crippen LogP contribution in [0.2, 0.25) is 0 Å². The van der Waals surface area contributed by atoms with Crippen LogP contribution >= 0.6 is 0 Å². The van der Waals surface area contributed by atoms with Crippen molar-refractivity contribution < 1.29 is 13.2 Å². The summed E-state index contributed by atoms with van der Waals surface area (Å²) in [7, 11) is -3.24. The van der Waals surface area contributed by atoms with Gasteiger partial charge in [-0.25, -0.2) is 22.7 Å². The molecule has 0 aromatic carbocycles. The molecule has 3 heterocycles. The molecule has 1 aliphatic heterocycles. The largest absolute Gasteiger partial charge is 0.310 e. The zero-order valence-corrected chi connectivity index (χ0v) is 19.5. The van der Waals surface area contributed by atoms with Gasteiger partial charge in [0.15, 0.2) is 0 Å². The van der Waals surface area contributed by atoms with Crippen molar-refractivity contribution in [2.24, 2.45) is 5.92 Å². The number of rotatable bonds is 7. The first-order valence-corrected chi connectivity index (χ1v) is 12.4. The fourth-order valence-electron chi connectivity index (χ4n) is 3.47. The molecule has 1 fully saturated rings. The van der Waals surface area contributed by atoms with Gasteiger partial charge in [-0.2, -0.15) is 9.78 Å². The van der Waals surface area contributed by atoms with Crippen molar-refractivity contribution in [1.29, 1.82) is 0 Å². The number of amides is 1. The molecule has 1 N–H and O–H groups in total. The average Bonchev–Trinajstić information content (AvgIpc) is 3.17. The maximum atomic E-state index is 13.0. The predicted molar refractivity (Wildman–Crippen MR) is 119 cm³/mol. The summed E-state index contributed by atoms with van der Waals surface area (Å²) in [4.78, 5) is 21.5. The Morgan fingerprint density at radius 1 is 1.19 bits per heavy atom. The Labute approximate surface area is 184 Å². The van der Waals surface area contributed by atoms with Gasteiger partial charge in [0.2, 0.25) is 15.9 Å². The minimum absolute atomic E-state index is 0.136. The van der Waals surface area contributed by atoms with Crippen LogP contribution in [0.3, 0.4) is 0 Å². The zero-order valence-electron chi connectivity index (χ0n) is 18.7. The molecule has 0 aliphatic carbocycles.